The largest absolute Gasteiger partial charge is 0.394 e. The fourth-order valence-corrected chi connectivity index (χ4v) is 2.45. The average Bonchev–Trinajstić information content (AvgIpc) is 2.58. The highest BCUT2D eigenvalue weighted by Gasteiger charge is 2.00. The van der Waals surface area contributed by atoms with Gasteiger partial charge in [-0.2, -0.15) is 0 Å². The van der Waals surface area contributed by atoms with Gasteiger partial charge in [-0.15, -0.1) is 0 Å². The molecule has 2 N–H and O–H groups in total. The molecule has 0 spiro atoms. The summed E-state index contributed by atoms with van der Waals surface area (Å²) in [7, 11) is 0. The predicted molar refractivity (Wildman–Crippen MR) is 112 cm³/mol. The lowest BCUT2D eigenvalue weighted by Gasteiger charge is -2.06. The minimum atomic E-state index is -0.779. The van der Waals surface area contributed by atoms with E-state index in [9.17, 15) is 5.11 Å². The van der Waals surface area contributed by atoms with Gasteiger partial charge in [-0.3, -0.25) is 0 Å². The third-order valence-electron chi connectivity index (χ3n) is 4.22. The number of rotatable bonds is 14. The summed E-state index contributed by atoms with van der Waals surface area (Å²) in [4.78, 5) is 0. The van der Waals surface area contributed by atoms with Crippen LogP contribution in [-0.2, 0) is 4.74 Å². The zero-order valence-electron chi connectivity index (χ0n) is 17.6. The lowest BCUT2D eigenvalue weighted by Crippen LogP contribution is -2.19. The molecule has 0 bridgehead atoms. The molecule has 1 atom stereocenters. The summed E-state index contributed by atoms with van der Waals surface area (Å²) in [5, 5.41) is 17.9. The summed E-state index contributed by atoms with van der Waals surface area (Å²) < 4.78 is 5.29. The maximum atomic E-state index is 9.19. The quantitative estimate of drug-likeness (QED) is 0.316. The minimum absolute atomic E-state index is 0.181. The first-order chi connectivity index (χ1) is 12.3. The van der Waals surface area contributed by atoms with E-state index in [4.69, 9.17) is 9.84 Å². The highest BCUT2D eigenvalue weighted by atomic mass is 16.5. The standard InChI is InChI=1S/C23H40O3/c1-19(2)9-6-10-20(3)11-7-12-21(4)13-8-14-22(5)15-16-26-18-23(25)17-24/h9,11,13,15,23-25H,6-8,10,12,14,16-18H2,1-5H3/b20-11+,21-13+,22-15?. The Balaban J connectivity index is 3.94. The molecule has 26 heavy (non-hydrogen) atoms. The molecule has 3 nitrogen and oxygen atoms in total. The van der Waals surface area contributed by atoms with Crippen LogP contribution in [0.2, 0.25) is 0 Å². The first-order valence-electron chi connectivity index (χ1n) is 9.82. The fraction of sp³-hybridized carbons (Fsp3) is 0.652. The van der Waals surface area contributed by atoms with Crippen LogP contribution in [0.25, 0.3) is 0 Å². The van der Waals surface area contributed by atoms with E-state index in [0.29, 0.717) is 6.61 Å². The molecule has 3 heteroatoms. The van der Waals surface area contributed by atoms with E-state index in [0.717, 1.165) is 38.5 Å². The van der Waals surface area contributed by atoms with Gasteiger partial charge in [0.2, 0.25) is 0 Å². The van der Waals surface area contributed by atoms with E-state index in [2.05, 4.69) is 52.8 Å². The molecule has 1 unspecified atom stereocenters. The SMILES string of the molecule is CC(C)=CCC/C(C)=C/CC/C(C)=C/CCC(C)=CCOCC(O)CO. The van der Waals surface area contributed by atoms with Crippen LogP contribution in [0.5, 0.6) is 0 Å². The van der Waals surface area contributed by atoms with Crippen LogP contribution >= 0.6 is 0 Å². The van der Waals surface area contributed by atoms with Crippen molar-refractivity contribution in [2.45, 2.75) is 79.2 Å². The Bertz CT molecular complexity index is 480. The van der Waals surface area contributed by atoms with Crippen molar-refractivity contribution in [1.29, 1.82) is 0 Å². The van der Waals surface area contributed by atoms with Gasteiger partial charge in [0.25, 0.3) is 0 Å². The molecule has 0 aromatic heterocycles. The van der Waals surface area contributed by atoms with Crippen molar-refractivity contribution in [2.75, 3.05) is 19.8 Å². The molecule has 0 saturated carbocycles. The zero-order valence-corrected chi connectivity index (χ0v) is 17.6. The van der Waals surface area contributed by atoms with E-state index in [1.165, 1.54) is 22.3 Å². The van der Waals surface area contributed by atoms with E-state index in [1.807, 2.05) is 6.08 Å². The Hall–Kier alpha value is -1.16. The lowest BCUT2D eigenvalue weighted by atomic mass is 10.0. The summed E-state index contributed by atoms with van der Waals surface area (Å²) in [5.74, 6) is 0. The lowest BCUT2D eigenvalue weighted by molar-refractivity contribution is 0.0148. The van der Waals surface area contributed by atoms with Crippen molar-refractivity contribution in [1.82, 2.24) is 0 Å². The minimum Gasteiger partial charge on any atom is -0.394 e. The maximum Gasteiger partial charge on any atom is 0.100 e. The molecule has 0 rings (SSSR count). The Morgan fingerprint density at radius 3 is 1.69 bits per heavy atom. The van der Waals surface area contributed by atoms with Crippen molar-refractivity contribution >= 4 is 0 Å². The third-order valence-corrected chi connectivity index (χ3v) is 4.22. The van der Waals surface area contributed by atoms with Crippen LogP contribution in [-0.4, -0.2) is 36.1 Å². The monoisotopic (exact) mass is 364 g/mol. The molecule has 0 aromatic rings. The van der Waals surface area contributed by atoms with Crippen LogP contribution < -0.4 is 0 Å². The maximum absolute atomic E-state index is 9.19. The van der Waals surface area contributed by atoms with E-state index in [1.54, 1.807) is 0 Å². The molecular formula is C23H40O3. The number of aliphatic hydroxyl groups excluding tert-OH is 2. The summed E-state index contributed by atoms with van der Waals surface area (Å²) in [6.07, 6.45) is 14.9. The summed E-state index contributed by atoms with van der Waals surface area (Å²) in [6.45, 7) is 11.3. The van der Waals surface area contributed by atoms with E-state index < -0.39 is 6.10 Å². The van der Waals surface area contributed by atoms with E-state index in [-0.39, 0.29) is 13.2 Å². The molecule has 150 valence electrons. The molecule has 0 aromatic carbocycles. The molecule has 0 aliphatic carbocycles. The number of ether oxygens (including phenoxy) is 1. The van der Waals surface area contributed by atoms with Crippen molar-refractivity contribution in [3.63, 3.8) is 0 Å². The number of hydrogen-bond donors (Lipinski definition) is 2. The van der Waals surface area contributed by atoms with Gasteiger partial charge in [0.15, 0.2) is 0 Å². The van der Waals surface area contributed by atoms with Crippen molar-refractivity contribution in [2.24, 2.45) is 0 Å². The number of hydrogen-bond acceptors (Lipinski definition) is 3. The topological polar surface area (TPSA) is 49.7 Å². The smallest absolute Gasteiger partial charge is 0.100 e. The van der Waals surface area contributed by atoms with Gasteiger partial charge < -0.3 is 14.9 Å². The van der Waals surface area contributed by atoms with Crippen LogP contribution in [0.4, 0.5) is 0 Å². The second kappa shape index (κ2) is 16.0. The summed E-state index contributed by atoms with van der Waals surface area (Å²) in [6, 6.07) is 0. The normalized spacial score (nSPS) is 14.5. The first kappa shape index (κ1) is 24.8. The molecule has 0 fully saturated rings. The Morgan fingerprint density at radius 2 is 1.23 bits per heavy atom. The van der Waals surface area contributed by atoms with E-state index >= 15 is 0 Å². The van der Waals surface area contributed by atoms with Gasteiger partial charge in [-0.1, -0.05) is 46.6 Å². The molecule has 0 radical (unpaired) electrons. The van der Waals surface area contributed by atoms with Crippen molar-refractivity contribution in [3.05, 3.63) is 46.6 Å². The number of aliphatic hydroxyl groups is 2. The van der Waals surface area contributed by atoms with Gasteiger partial charge in [0, 0.05) is 0 Å². The van der Waals surface area contributed by atoms with Gasteiger partial charge in [-0.05, 0) is 73.1 Å². The van der Waals surface area contributed by atoms with Gasteiger partial charge in [0.05, 0.1) is 19.8 Å². The summed E-state index contributed by atoms with van der Waals surface area (Å²) in [5.41, 5.74) is 5.63. The third kappa shape index (κ3) is 16.3. The van der Waals surface area contributed by atoms with Gasteiger partial charge in [0.1, 0.15) is 6.10 Å². The molecule has 0 amide bonds. The van der Waals surface area contributed by atoms with Crippen LogP contribution in [0.15, 0.2) is 46.6 Å². The Kier molecular flexibility index (Phi) is 15.3. The highest BCUT2D eigenvalue weighted by molar-refractivity contribution is 5.07. The summed E-state index contributed by atoms with van der Waals surface area (Å²) >= 11 is 0. The average molecular weight is 365 g/mol. The highest BCUT2D eigenvalue weighted by Crippen LogP contribution is 2.13. The predicted octanol–water partition coefficient (Wildman–Crippen LogP) is 5.50. The second-order valence-corrected chi connectivity index (χ2v) is 7.42. The van der Waals surface area contributed by atoms with Gasteiger partial charge >= 0.3 is 0 Å². The van der Waals surface area contributed by atoms with Crippen LogP contribution in [0.3, 0.4) is 0 Å². The molecule has 0 saturated heterocycles. The second-order valence-electron chi connectivity index (χ2n) is 7.42. The molecule has 0 aliphatic heterocycles. The zero-order chi connectivity index (χ0) is 19.8. The molecular weight excluding hydrogens is 324 g/mol. The molecule has 0 heterocycles. The van der Waals surface area contributed by atoms with Crippen molar-refractivity contribution < 1.29 is 14.9 Å². The van der Waals surface area contributed by atoms with Crippen LogP contribution in [0, 0.1) is 0 Å². The van der Waals surface area contributed by atoms with Crippen LogP contribution in [0.1, 0.15) is 73.1 Å². The Morgan fingerprint density at radius 1 is 0.769 bits per heavy atom. The fourth-order valence-electron chi connectivity index (χ4n) is 2.45. The van der Waals surface area contributed by atoms with Gasteiger partial charge in [-0.25, -0.2) is 0 Å². The molecule has 0 aliphatic rings. The first-order valence-corrected chi connectivity index (χ1v) is 9.82. The Labute approximate surface area is 161 Å². The van der Waals surface area contributed by atoms with Crippen molar-refractivity contribution in [3.8, 4) is 0 Å². The number of allylic oxidation sites excluding steroid dienone is 7.